The minimum absolute atomic E-state index is 0.122. The van der Waals surface area contributed by atoms with Crippen LogP contribution in [0.25, 0.3) is 0 Å². The number of nitrogens with two attached hydrogens (primary N) is 1. The third-order valence-electron chi connectivity index (χ3n) is 2.92. The number of nitrogens with zero attached hydrogens (tertiary/aromatic N) is 2. The zero-order valence-corrected chi connectivity index (χ0v) is 13.2. The minimum Gasteiger partial charge on any atom is -0.394 e. The van der Waals surface area contributed by atoms with E-state index in [1.165, 1.54) is 6.26 Å². The normalized spacial score (nSPS) is 11.4. The van der Waals surface area contributed by atoms with Gasteiger partial charge in [0.15, 0.2) is 15.7 Å². The van der Waals surface area contributed by atoms with Gasteiger partial charge in [0, 0.05) is 12.8 Å². The number of anilines is 2. The highest BCUT2D eigenvalue weighted by molar-refractivity contribution is 7.90. The van der Waals surface area contributed by atoms with Crippen LogP contribution in [0.15, 0.2) is 29.2 Å². The number of sulfone groups is 1. The lowest BCUT2D eigenvalue weighted by Crippen LogP contribution is -2.07. The second-order valence-electron chi connectivity index (χ2n) is 4.61. The Labute approximate surface area is 128 Å². The molecule has 0 spiro atoms. The summed E-state index contributed by atoms with van der Waals surface area (Å²) in [7, 11) is -3.18. The summed E-state index contributed by atoms with van der Waals surface area (Å²) >= 11 is 5.79. The van der Waals surface area contributed by atoms with Gasteiger partial charge >= 0.3 is 0 Å². The predicted octanol–water partition coefficient (Wildman–Crippen LogP) is 2.04. The standard InChI is InChI=1S/C13H15ClN4O2S/c1-8-11(15)12(18-13(14)17-8)16-7-9-3-5-10(6-4-9)21(2,19)20/h3-6H,7,15H2,1-2H3,(H,16,17,18). The number of rotatable bonds is 4. The van der Waals surface area contributed by atoms with Crippen LogP contribution in [-0.2, 0) is 16.4 Å². The number of hydrogen-bond acceptors (Lipinski definition) is 6. The number of nitrogens with one attached hydrogen (secondary N) is 1. The van der Waals surface area contributed by atoms with Gasteiger partial charge in [0.1, 0.15) is 0 Å². The minimum atomic E-state index is -3.18. The number of hydrogen-bond donors (Lipinski definition) is 2. The Morgan fingerprint density at radius 3 is 2.43 bits per heavy atom. The van der Waals surface area contributed by atoms with Gasteiger partial charge in [0.05, 0.1) is 16.3 Å². The third-order valence-corrected chi connectivity index (χ3v) is 4.22. The van der Waals surface area contributed by atoms with E-state index in [0.29, 0.717) is 23.7 Å². The summed E-state index contributed by atoms with van der Waals surface area (Å²) in [6, 6.07) is 6.59. The van der Waals surface area contributed by atoms with Crippen molar-refractivity contribution in [1.29, 1.82) is 0 Å². The van der Waals surface area contributed by atoms with Gasteiger partial charge in [-0.05, 0) is 36.2 Å². The zero-order chi connectivity index (χ0) is 15.6. The molecule has 8 heteroatoms. The summed E-state index contributed by atoms with van der Waals surface area (Å²) in [4.78, 5) is 8.26. The molecule has 2 rings (SSSR count). The van der Waals surface area contributed by atoms with Gasteiger partial charge in [-0.1, -0.05) is 12.1 Å². The summed E-state index contributed by atoms with van der Waals surface area (Å²) in [5.74, 6) is 0.458. The molecule has 0 unspecified atom stereocenters. The van der Waals surface area contributed by atoms with E-state index in [4.69, 9.17) is 17.3 Å². The van der Waals surface area contributed by atoms with Crippen LogP contribution in [0, 0.1) is 6.92 Å². The summed E-state index contributed by atoms with van der Waals surface area (Å²) in [5.41, 5.74) is 7.81. The molecule has 0 aliphatic carbocycles. The van der Waals surface area contributed by atoms with E-state index in [9.17, 15) is 8.42 Å². The van der Waals surface area contributed by atoms with Crippen molar-refractivity contribution in [1.82, 2.24) is 9.97 Å². The van der Waals surface area contributed by atoms with Crippen molar-refractivity contribution < 1.29 is 8.42 Å². The van der Waals surface area contributed by atoms with Crippen LogP contribution in [0.4, 0.5) is 11.5 Å². The van der Waals surface area contributed by atoms with Crippen molar-refractivity contribution in [2.75, 3.05) is 17.3 Å². The highest BCUT2D eigenvalue weighted by Gasteiger charge is 2.09. The molecule has 0 fully saturated rings. The van der Waals surface area contributed by atoms with Crippen molar-refractivity contribution in [2.24, 2.45) is 0 Å². The van der Waals surface area contributed by atoms with E-state index >= 15 is 0 Å². The fourth-order valence-electron chi connectivity index (χ4n) is 1.72. The Balaban J connectivity index is 2.14. The van der Waals surface area contributed by atoms with Crippen molar-refractivity contribution in [3.63, 3.8) is 0 Å². The van der Waals surface area contributed by atoms with Crippen molar-refractivity contribution >= 4 is 32.9 Å². The van der Waals surface area contributed by atoms with Crippen LogP contribution in [0.5, 0.6) is 0 Å². The van der Waals surface area contributed by atoms with Gasteiger partial charge in [-0.25, -0.2) is 13.4 Å². The Hall–Kier alpha value is -1.86. The molecular formula is C13H15ClN4O2S. The summed E-state index contributed by atoms with van der Waals surface area (Å²) < 4.78 is 22.8. The van der Waals surface area contributed by atoms with Crippen LogP contribution >= 0.6 is 11.6 Å². The van der Waals surface area contributed by atoms with E-state index < -0.39 is 9.84 Å². The first-order valence-electron chi connectivity index (χ1n) is 6.10. The highest BCUT2D eigenvalue weighted by atomic mass is 35.5. The molecule has 2 aromatic rings. The van der Waals surface area contributed by atoms with E-state index in [-0.39, 0.29) is 10.2 Å². The van der Waals surface area contributed by atoms with E-state index in [1.54, 1.807) is 31.2 Å². The first-order chi connectivity index (χ1) is 9.77. The Morgan fingerprint density at radius 2 is 1.86 bits per heavy atom. The quantitative estimate of drug-likeness (QED) is 0.834. The summed E-state index contributed by atoms with van der Waals surface area (Å²) in [6.07, 6.45) is 1.17. The Morgan fingerprint density at radius 1 is 1.24 bits per heavy atom. The van der Waals surface area contributed by atoms with Gasteiger partial charge in [-0.3, -0.25) is 0 Å². The molecule has 0 bridgehead atoms. The van der Waals surface area contributed by atoms with Crippen LogP contribution in [0.1, 0.15) is 11.3 Å². The van der Waals surface area contributed by atoms with E-state index in [1.807, 2.05) is 0 Å². The molecule has 0 aliphatic heterocycles. The number of halogens is 1. The van der Waals surface area contributed by atoms with Gasteiger partial charge < -0.3 is 11.1 Å². The van der Waals surface area contributed by atoms with E-state index in [2.05, 4.69) is 15.3 Å². The molecule has 1 aromatic heterocycles. The van der Waals surface area contributed by atoms with Gasteiger partial charge in [0.2, 0.25) is 5.28 Å². The molecule has 0 atom stereocenters. The molecule has 3 N–H and O–H groups in total. The Kier molecular flexibility index (Phi) is 4.34. The molecule has 1 aromatic carbocycles. The lowest BCUT2D eigenvalue weighted by molar-refractivity contribution is 0.602. The monoisotopic (exact) mass is 326 g/mol. The van der Waals surface area contributed by atoms with E-state index in [0.717, 1.165) is 5.56 Å². The molecule has 1 heterocycles. The highest BCUT2D eigenvalue weighted by Crippen LogP contribution is 2.21. The summed E-state index contributed by atoms with van der Waals surface area (Å²) in [5, 5.41) is 3.18. The molecular weight excluding hydrogens is 312 g/mol. The molecule has 6 nitrogen and oxygen atoms in total. The van der Waals surface area contributed by atoms with Crippen LogP contribution in [0.3, 0.4) is 0 Å². The zero-order valence-electron chi connectivity index (χ0n) is 11.6. The van der Waals surface area contributed by atoms with Crippen LogP contribution in [0.2, 0.25) is 5.28 Å². The smallest absolute Gasteiger partial charge is 0.224 e. The second kappa shape index (κ2) is 5.87. The number of aryl methyl sites for hydroxylation is 1. The molecule has 0 radical (unpaired) electrons. The fourth-order valence-corrected chi connectivity index (χ4v) is 2.56. The van der Waals surface area contributed by atoms with Gasteiger partial charge in [-0.2, -0.15) is 4.98 Å². The maximum Gasteiger partial charge on any atom is 0.224 e. The van der Waals surface area contributed by atoms with Gasteiger partial charge in [-0.15, -0.1) is 0 Å². The molecule has 0 aliphatic rings. The third kappa shape index (κ3) is 3.83. The predicted molar refractivity (Wildman–Crippen MR) is 83.1 cm³/mol. The first kappa shape index (κ1) is 15.5. The average molecular weight is 327 g/mol. The summed E-state index contributed by atoms with van der Waals surface area (Å²) in [6.45, 7) is 2.19. The first-order valence-corrected chi connectivity index (χ1v) is 8.37. The lowest BCUT2D eigenvalue weighted by Gasteiger charge is -2.10. The number of aromatic nitrogens is 2. The largest absolute Gasteiger partial charge is 0.394 e. The number of benzene rings is 1. The van der Waals surface area contributed by atoms with Crippen LogP contribution < -0.4 is 11.1 Å². The molecule has 0 saturated heterocycles. The van der Waals surface area contributed by atoms with Gasteiger partial charge in [0.25, 0.3) is 0 Å². The second-order valence-corrected chi connectivity index (χ2v) is 6.96. The Bertz CT molecular complexity index is 760. The van der Waals surface area contributed by atoms with Crippen molar-refractivity contribution in [3.05, 3.63) is 40.8 Å². The SMILES string of the molecule is Cc1nc(Cl)nc(NCc2ccc(S(C)(=O)=O)cc2)c1N. The van der Waals surface area contributed by atoms with Crippen molar-refractivity contribution in [2.45, 2.75) is 18.4 Å². The topological polar surface area (TPSA) is 98.0 Å². The maximum absolute atomic E-state index is 11.4. The molecule has 112 valence electrons. The van der Waals surface area contributed by atoms with Crippen LogP contribution in [-0.4, -0.2) is 24.6 Å². The van der Waals surface area contributed by atoms with Crippen molar-refractivity contribution in [3.8, 4) is 0 Å². The lowest BCUT2D eigenvalue weighted by atomic mass is 10.2. The number of nitrogen functional groups attached to an aromatic ring is 1. The average Bonchev–Trinajstić information content (AvgIpc) is 2.40. The maximum atomic E-state index is 11.4. The molecule has 21 heavy (non-hydrogen) atoms. The molecule has 0 amide bonds. The fraction of sp³-hybridized carbons (Fsp3) is 0.231. The molecule has 0 saturated carbocycles.